The van der Waals surface area contributed by atoms with Crippen LogP contribution in [0, 0.1) is 23.7 Å². The van der Waals surface area contributed by atoms with E-state index in [1.165, 1.54) is 6.42 Å². The molecule has 1 aliphatic carbocycles. The van der Waals surface area contributed by atoms with Crippen molar-refractivity contribution in [3.05, 3.63) is 29.8 Å². The zero-order valence-electron chi connectivity index (χ0n) is 11.9. The van der Waals surface area contributed by atoms with Crippen LogP contribution in [0.5, 0.6) is 5.75 Å². The van der Waals surface area contributed by atoms with Crippen LogP contribution in [0.15, 0.2) is 24.3 Å². The van der Waals surface area contributed by atoms with Crippen molar-refractivity contribution in [3.8, 4) is 17.6 Å². The molecule has 0 amide bonds. The molecule has 1 aromatic carbocycles. The third-order valence-electron chi connectivity index (χ3n) is 4.25. The summed E-state index contributed by atoms with van der Waals surface area (Å²) in [7, 11) is 1.64. The molecule has 0 saturated heterocycles. The van der Waals surface area contributed by atoms with Crippen LogP contribution in [0.3, 0.4) is 0 Å². The zero-order chi connectivity index (χ0) is 13.9. The van der Waals surface area contributed by atoms with E-state index >= 15 is 0 Å². The van der Waals surface area contributed by atoms with E-state index in [0.29, 0.717) is 0 Å². The molecule has 0 aromatic heterocycles. The Morgan fingerprint density at radius 3 is 2.58 bits per heavy atom. The Morgan fingerprint density at radius 1 is 1.26 bits per heavy atom. The van der Waals surface area contributed by atoms with Crippen molar-refractivity contribution < 1.29 is 9.84 Å². The van der Waals surface area contributed by atoms with Crippen molar-refractivity contribution >= 4 is 0 Å². The molecule has 1 N–H and O–H groups in total. The summed E-state index contributed by atoms with van der Waals surface area (Å²) in [5.74, 6) is 7.48. The summed E-state index contributed by atoms with van der Waals surface area (Å²) in [6, 6.07) is 7.65. The fraction of sp³-hybridized carbons (Fsp3) is 0.529. The summed E-state index contributed by atoms with van der Waals surface area (Å²) in [5.41, 5.74) is 0.0270. The van der Waals surface area contributed by atoms with Gasteiger partial charge < -0.3 is 9.84 Å². The topological polar surface area (TPSA) is 29.5 Å². The minimum absolute atomic E-state index is 0.231. The second kappa shape index (κ2) is 5.67. The molecule has 1 saturated carbocycles. The third-order valence-corrected chi connectivity index (χ3v) is 4.25. The van der Waals surface area contributed by atoms with Crippen molar-refractivity contribution in [2.75, 3.05) is 7.11 Å². The van der Waals surface area contributed by atoms with Crippen molar-refractivity contribution in [2.24, 2.45) is 11.8 Å². The first-order valence-electron chi connectivity index (χ1n) is 6.96. The molecule has 0 aliphatic heterocycles. The van der Waals surface area contributed by atoms with Gasteiger partial charge in [-0.2, -0.15) is 0 Å². The Morgan fingerprint density at radius 2 is 1.95 bits per heavy atom. The van der Waals surface area contributed by atoms with Crippen molar-refractivity contribution in [1.82, 2.24) is 0 Å². The molecular formula is C17H22O2. The maximum absolute atomic E-state index is 10.8. The number of hydrogen-bond donors (Lipinski definition) is 1. The average Bonchev–Trinajstić information content (AvgIpc) is 2.43. The molecule has 2 atom stereocenters. The van der Waals surface area contributed by atoms with Crippen LogP contribution in [0.2, 0.25) is 0 Å². The summed E-state index contributed by atoms with van der Waals surface area (Å²) in [4.78, 5) is 0. The highest BCUT2D eigenvalue weighted by Gasteiger charge is 2.40. The predicted molar refractivity (Wildman–Crippen MR) is 77.0 cm³/mol. The van der Waals surface area contributed by atoms with E-state index < -0.39 is 5.60 Å². The number of hydrogen-bond acceptors (Lipinski definition) is 2. The van der Waals surface area contributed by atoms with E-state index in [9.17, 15) is 5.11 Å². The fourth-order valence-electron chi connectivity index (χ4n) is 2.78. The fourth-order valence-corrected chi connectivity index (χ4v) is 2.78. The van der Waals surface area contributed by atoms with Crippen molar-refractivity contribution in [1.29, 1.82) is 0 Å². The smallest absolute Gasteiger partial charge is 0.130 e. The normalized spacial score (nSPS) is 30.3. The molecule has 19 heavy (non-hydrogen) atoms. The van der Waals surface area contributed by atoms with E-state index in [1.807, 2.05) is 24.3 Å². The zero-order valence-corrected chi connectivity index (χ0v) is 11.9. The summed E-state index contributed by atoms with van der Waals surface area (Å²) < 4.78 is 5.18. The maximum atomic E-state index is 10.8. The van der Waals surface area contributed by atoms with Gasteiger partial charge in [-0.15, -0.1) is 0 Å². The van der Waals surface area contributed by atoms with E-state index in [4.69, 9.17) is 4.74 Å². The second-order valence-corrected chi connectivity index (χ2v) is 5.54. The van der Waals surface area contributed by atoms with Gasteiger partial charge in [0.1, 0.15) is 11.4 Å². The lowest BCUT2D eigenvalue weighted by Crippen LogP contribution is -2.44. The number of rotatable bonds is 1. The van der Waals surface area contributed by atoms with Gasteiger partial charge in [-0.25, -0.2) is 0 Å². The van der Waals surface area contributed by atoms with Crippen molar-refractivity contribution in [2.45, 2.75) is 38.7 Å². The Kier molecular flexibility index (Phi) is 4.17. The summed E-state index contributed by atoms with van der Waals surface area (Å²) in [5, 5.41) is 10.8. The summed E-state index contributed by atoms with van der Waals surface area (Å²) in [6.07, 6.45) is 3.28. The maximum Gasteiger partial charge on any atom is 0.130 e. The molecule has 0 bridgehead atoms. The van der Waals surface area contributed by atoms with Crippen LogP contribution in [-0.4, -0.2) is 17.8 Å². The van der Waals surface area contributed by atoms with Gasteiger partial charge in [0.25, 0.3) is 0 Å². The predicted octanol–water partition coefficient (Wildman–Crippen LogP) is 3.23. The van der Waals surface area contributed by atoms with Gasteiger partial charge in [0, 0.05) is 5.56 Å². The lowest BCUT2D eigenvalue weighted by atomic mass is 9.70. The lowest BCUT2D eigenvalue weighted by Gasteiger charge is -2.39. The molecule has 2 rings (SSSR count). The lowest BCUT2D eigenvalue weighted by molar-refractivity contribution is -0.0314. The Bertz CT molecular complexity index is 485. The number of ether oxygens (including phenoxy) is 1. The van der Waals surface area contributed by atoms with Crippen LogP contribution < -0.4 is 4.74 Å². The molecule has 1 aromatic rings. The van der Waals surface area contributed by atoms with Crippen LogP contribution in [0.25, 0.3) is 0 Å². The monoisotopic (exact) mass is 258 g/mol. The van der Waals surface area contributed by atoms with Crippen LogP contribution in [0.4, 0.5) is 0 Å². The first-order valence-corrected chi connectivity index (χ1v) is 6.96. The Hall–Kier alpha value is -1.46. The van der Waals surface area contributed by atoms with Gasteiger partial charge in [-0.1, -0.05) is 38.2 Å². The first-order chi connectivity index (χ1) is 9.06. The molecule has 102 valence electrons. The highest BCUT2D eigenvalue weighted by atomic mass is 16.5. The SMILES string of the molecule is COc1cccc(C#CC2(O)C(C)CCCC2C)c1. The third kappa shape index (κ3) is 2.93. The number of benzene rings is 1. The molecule has 0 radical (unpaired) electrons. The van der Waals surface area contributed by atoms with Crippen LogP contribution in [-0.2, 0) is 0 Å². The number of aliphatic hydroxyl groups is 1. The van der Waals surface area contributed by atoms with Crippen LogP contribution >= 0.6 is 0 Å². The first kappa shape index (κ1) is 14.0. The highest BCUT2D eigenvalue weighted by Crippen LogP contribution is 2.37. The molecule has 0 heterocycles. The van der Waals surface area contributed by atoms with E-state index in [2.05, 4.69) is 25.7 Å². The van der Waals surface area contributed by atoms with Crippen molar-refractivity contribution in [3.63, 3.8) is 0 Å². The molecule has 1 fully saturated rings. The van der Waals surface area contributed by atoms with Gasteiger partial charge in [0.15, 0.2) is 0 Å². The minimum atomic E-state index is -0.860. The molecule has 2 heteroatoms. The standard InChI is InChI=1S/C17H22O2/c1-13-6-4-7-14(2)17(13,18)11-10-15-8-5-9-16(12-15)19-3/h5,8-9,12-14,18H,4,6-7H2,1-3H3. The quantitative estimate of drug-likeness (QED) is 0.784. The van der Waals surface area contributed by atoms with E-state index in [-0.39, 0.29) is 11.8 Å². The summed E-state index contributed by atoms with van der Waals surface area (Å²) in [6.45, 7) is 4.19. The molecular weight excluding hydrogens is 236 g/mol. The van der Waals surface area contributed by atoms with Gasteiger partial charge in [0.2, 0.25) is 0 Å². The van der Waals surface area contributed by atoms with Crippen LogP contribution in [0.1, 0.15) is 38.7 Å². The second-order valence-electron chi connectivity index (χ2n) is 5.54. The summed E-state index contributed by atoms with van der Waals surface area (Å²) >= 11 is 0. The minimum Gasteiger partial charge on any atom is -0.497 e. The van der Waals surface area contributed by atoms with Gasteiger partial charge >= 0.3 is 0 Å². The molecule has 2 nitrogen and oxygen atoms in total. The largest absolute Gasteiger partial charge is 0.497 e. The number of methoxy groups -OCH3 is 1. The Labute approximate surface area is 115 Å². The van der Waals surface area contributed by atoms with E-state index in [1.54, 1.807) is 7.11 Å². The Balaban J connectivity index is 2.26. The van der Waals surface area contributed by atoms with Gasteiger partial charge in [-0.3, -0.25) is 0 Å². The highest BCUT2D eigenvalue weighted by molar-refractivity contribution is 5.41. The molecule has 0 spiro atoms. The molecule has 1 aliphatic rings. The van der Waals surface area contributed by atoms with E-state index in [0.717, 1.165) is 24.2 Å². The average molecular weight is 258 g/mol. The van der Waals surface area contributed by atoms with Gasteiger partial charge in [0.05, 0.1) is 7.11 Å². The molecule has 2 unspecified atom stereocenters. The van der Waals surface area contributed by atoms with Gasteiger partial charge in [-0.05, 0) is 42.9 Å².